The molecule has 110 valence electrons. The number of rotatable bonds is 5. The van der Waals surface area contributed by atoms with Crippen molar-refractivity contribution in [3.05, 3.63) is 71.9 Å². The molecule has 4 heteroatoms. The molecule has 3 aromatic rings. The lowest BCUT2D eigenvalue weighted by Crippen LogP contribution is -2.17. The van der Waals surface area contributed by atoms with Gasteiger partial charge in [-0.3, -0.25) is 4.79 Å². The molecule has 3 rings (SSSR count). The van der Waals surface area contributed by atoms with E-state index in [0.29, 0.717) is 12.8 Å². The molecule has 22 heavy (non-hydrogen) atoms. The van der Waals surface area contributed by atoms with Gasteiger partial charge in [-0.05, 0) is 23.6 Å². The van der Waals surface area contributed by atoms with E-state index in [1.807, 2.05) is 54.7 Å². The number of benzene rings is 2. The summed E-state index contributed by atoms with van der Waals surface area (Å²) in [5.74, 6) is -0.0857. The van der Waals surface area contributed by atoms with E-state index in [0.717, 1.165) is 16.6 Å². The van der Waals surface area contributed by atoms with Crippen LogP contribution in [0.5, 0.6) is 0 Å². The van der Waals surface area contributed by atoms with Crippen LogP contribution in [-0.4, -0.2) is 17.1 Å². The maximum absolute atomic E-state index is 11.8. The number of carbonyl (C=O) groups excluding carboxylic acids is 1. The molecule has 0 aliphatic rings. The van der Waals surface area contributed by atoms with Crippen molar-refractivity contribution >= 4 is 23.0 Å². The SMILES string of the molecule is O=C(CCc1c[nH]c2ccccc12)N/N=C\c1ccccc1. The highest BCUT2D eigenvalue weighted by Crippen LogP contribution is 2.18. The van der Waals surface area contributed by atoms with E-state index in [4.69, 9.17) is 0 Å². The first kappa shape index (κ1) is 14.1. The molecule has 1 heterocycles. The molecule has 0 bridgehead atoms. The highest BCUT2D eigenvalue weighted by molar-refractivity contribution is 5.85. The Hall–Kier alpha value is -2.88. The van der Waals surface area contributed by atoms with Gasteiger partial charge < -0.3 is 4.98 Å². The van der Waals surface area contributed by atoms with Gasteiger partial charge in [-0.15, -0.1) is 0 Å². The largest absolute Gasteiger partial charge is 0.361 e. The van der Waals surface area contributed by atoms with Gasteiger partial charge in [-0.25, -0.2) is 5.43 Å². The van der Waals surface area contributed by atoms with Gasteiger partial charge in [0.25, 0.3) is 0 Å². The van der Waals surface area contributed by atoms with Crippen LogP contribution in [-0.2, 0) is 11.2 Å². The zero-order valence-corrected chi connectivity index (χ0v) is 12.1. The third-order valence-corrected chi connectivity index (χ3v) is 3.50. The molecule has 0 spiro atoms. The maximum atomic E-state index is 11.8. The summed E-state index contributed by atoms with van der Waals surface area (Å²) in [6.45, 7) is 0. The molecule has 0 saturated heterocycles. The predicted octanol–water partition coefficient (Wildman–Crippen LogP) is 3.25. The zero-order chi connectivity index (χ0) is 15.2. The van der Waals surface area contributed by atoms with Crippen LogP contribution in [0.2, 0.25) is 0 Å². The number of aromatic amines is 1. The summed E-state index contributed by atoms with van der Waals surface area (Å²) >= 11 is 0. The second-order valence-corrected chi connectivity index (χ2v) is 5.06. The van der Waals surface area contributed by atoms with E-state index in [1.165, 1.54) is 5.39 Å². The van der Waals surface area contributed by atoms with Crippen molar-refractivity contribution < 1.29 is 4.79 Å². The molecule has 1 aromatic heterocycles. The van der Waals surface area contributed by atoms with Gasteiger partial charge in [0.1, 0.15) is 0 Å². The quantitative estimate of drug-likeness (QED) is 0.550. The first-order valence-corrected chi connectivity index (χ1v) is 7.25. The van der Waals surface area contributed by atoms with Gasteiger partial charge in [-0.1, -0.05) is 48.5 Å². The van der Waals surface area contributed by atoms with E-state index in [1.54, 1.807) is 6.21 Å². The highest BCUT2D eigenvalue weighted by atomic mass is 16.2. The van der Waals surface area contributed by atoms with Gasteiger partial charge in [0.15, 0.2) is 0 Å². The monoisotopic (exact) mass is 291 g/mol. The number of aryl methyl sites for hydroxylation is 1. The molecular weight excluding hydrogens is 274 g/mol. The summed E-state index contributed by atoms with van der Waals surface area (Å²) < 4.78 is 0. The fraction of sp³-hybridized carbons (Fsp3) is 0.111. The molecule has 2 aromatic carbocycles. The van der Waals surface area contributed by atoms with Gasteiger partial charge in [0.05, 0.1) is 6.21 Å². The van der Waals surface area contributed by atoms with Crippen molar-refractivity contribution in [1.82, 2.24) is 10.4 Å². The number of amides is 1. The Labute approximate surface area is 128 Å². The smallest absolute Gasteiger partial charge is 0.240 e. The normalized spacial score (nSPS) is 11.1. The first-order valence-electron chi connectivity index (χ1n) is 7.25. The number of nitrogens with zero attached hydrogens (tertiary/aromatic N) is 1. The minimum atomic E-state index is -0.0857. The van der Waals surface area contributed by atoms with Crippen molar-refractivity contribution in [2.45, 2.75) is 12.8 Å². The van der Waals surface area contributed by atoms with Crippen molar-refractivity contribution in [2.75, 3.05) is 0 Å². The topological polar surface area (TPSA) is 57.2 Å². The second-order valence-electron chi connectivity index (χ2n) is 5.06. The van der Waals surface area contributed by atoms with Gasteiger partial charge in [0, 0.05) is 23.5 Å². The molecule has 0 atom stereocenters. The molecule has 1 amide bonds. The lowest BCUT2D eigenvalue weighted by atomic mass is 10.1. The fourth-order valence-electron chi connectivity index (χ4n) is 2.36. The third kappa shape index (κ3) is 3.41. The number of hydrogen-bond acceptors (Lipinski definition) is 2. The lowest BCUT2D eigenvalue weighted by molar-refractivity contribution is -0.121. The van der Waals surface area contributed by atoms with E-state index < -0.39 is 0 Å². The van der Waals surface area contributed by atoms with Crippen LogP contribution in [0.1, 0.15) is 17.5 Å². The third-order valence-electron chi connectivity index (χ3n) is 3.50. The zero-order valence-electron chi connectivity index (χ0n) is 12.1. The number of aromatic nitrogens is 1. The number of hydrazone groups is 1. The van der Waals surface area contributed by atoms with Crippen LogP contribution in [0.15, 0.2) is 65.9 Å². The molecule has 0 fully saturated rings. The summed E-state index contributed by atoms with van der Waals surface area (Å²) in [5, 5.41) is 5.14. The average molecular weight is 291 g/mol. The Bertz CT molecular complexity index is 790. The van der Waals surface area contributed by atoms with Gasteiger partial charge >= 0.3 is 0 Å². The minimum Gasteiger partial charge on any atom is -0.361 e. The Balaban J connectivity index is 1.53. The van der Waals surface area contributed by atoms with E-state index in [9.17, 15) is 4.79 Å². The Morgan fingerprint density at radius 3 is 2.73 bits per heavy atom. The minimum absolute atomic E-state index is 0.0857. The van der Waals surface area contributed by atoms with Crippen LogP contribution in [0.25, 0.3) is 10.9 Å². The lowest BCUT2D eigenvalue weighted by Gasteiger charge is -2.00. The Morgan fingerprint density at radius 1 is 1.09 bits per heavy atom. The Kier molecular flexibility index (Phi) is 4.30. The molecule has 0 saturated carbocycles. The Morgan fingerprint density at radius 2 is 1.86 bits per heavy atom. The predicted molar refractivity (Wildman–Crippen MR) is 88.8 cm³/mol. The number of carbonyl (C=O) groups is 1. The molecular formula is C18H17N3O. The van der Waals surface area contributed by atoms with Crippen LogP contribution in [0.4, 0.5) is 0 Å². The maximum Gasteiger partial charge on any atom is 0.240 e. The van der Waals surface area contributed by atoms with Gasteiger partial charge in [-0.2, -0.15) is 5.10 Å². The number of nitrogens with one attached hydrogen (secondary N) is 2. The highest BCUT2D eigenvalue weighted by Gasteiger charge is 2.05. The van der Waals surface area contributed by atoms with Crippen LogP contribution < -0.4 is 5.43 Å². The number of para-hydroxylation sites is 1. The molecule has 0 unspecified atom stereocenters. The first-order chi connectivity index (χ1) is 10.8. The van der Waals surface area contributed by atoms with Crippen LogP contribution in [0, 0.1) is 0 Å². The molecule has 0 aliphatic carbocycles. The summed E-state index contributed by atoms with van der Waals surface area (Å²) in [4.78, 5) is 15.0. The summed E-state index contributed by atoms with van der Waals surface area (Å²) in [6, 6.07) is 17.8. The van der Waals surface area contributed by atoms with Crippen molar-refractivity contribution in [3.8, 4) is 0 Å². The van der Waals surface area contributed by atoms with E-state index in [-0.39, 0.29) is 5.91 Å². The van der Waals surface area contributed by atoms with Crippen molar-refractivity contribution in [1.29, 1.82) is 0 Å². The van der Waals surface area contributed by atoms with E-state index >= 15 is 0 Å². The van der Waals surface area contributed by atoms with Gasteiger partial charge in [0.2, 0.25) is 5.91 Å². The fourth-order valence-corrected chi connectivity index (χ4v) is 2.36. The van der Waals surface area contributed by atoms with Crippen LogP contribution >= 0.6 is 0 Å². The number of H-pyrrole nitrogens is 1. The van der Waals surface area contributed by atoms with E-state index in [2.05, 4.69) is 21.6 Å². The van der Waals surface area contributed by atoms with Crippen molar-refractivity contribution in [3.63, 3.8) is 0 Å². The van der Waals surface area contributed by atoms with Crippen molar-refractivity contribution in [2.24, 2.45) is 5.10 Å². The number of fused-ring (bicyclic) bond motifs is 1. The standard InChI is InChI=1S/C18H17N3O/c22-18(21-20-12-14-6-2-1-3-7-14)11-10-15-13-19-17-9-5-4-8-16(15)17/h1-9,12-13,19H,10-11H2,(H,21,22)/b20-12-. The summed E-state index contributed by atoms with van der Waals surface area (Å²) in [5.41, 5.74) is 5.77. The van der Waals surface area contributed by atoms with Crippen LogP contribution in [0.3, 0.4) is 0 Å². The molecule has 4 nitrogen and oxygen atoms in total. The average Bonchev–Trinajstić information content (AvgIpc) is 2.97. The molecule has 2 N–H and O–H groups in total. The molecule has 0 aliphatic heterocycles. The summed E-state index contributed by atoms with van der Waals surface area (Å²) in [7, 11) is 0. The number of hydrogen-bond donors (Lipinski definition) is 2. The second kappa shape index (κ2) is 6.72. The summed E-state index contributed by atoms with van der Waals surface area (Å²) in [6.07, 6.45) is 4.71. The molecule has 0 radical (unpaired) electrons.